The first-order valence-corrected chi connectivity index (χ1v) is 6.35. The van der Waals surface area contributed by atoms with Gasteiger partial charge in [0.2, 0.25) is 0 Å². The van der Waals surface area contributed by atoms with E-state index in [1.54, 1.807) is 29.8 Å². The van der Waals surface area contributed by atoms with Crippen molar-refractivity contribution in [1.82, 2.24) is 0 Å². The summed E-state index contributed by atoms with van der Waals surface area (Å²) in [6, 6.07) is 6.09. The zero-order chi connectivity index (χ0) is 10.8. The molecule has 0 spiro atoms. The van der Waals surface area contributed by atoms with Gasteiger partial charge >= 0.3 is 0 Å². The Morgan fingerprint density at radius 3 is 2.73 bits per heavy atom. The summed E-state index contributed by atoms with van der Waals surface area (Å²) in [7, 11) is 1.68. The summed E-state index contributed by atoms with van der Waals surface area (Å²) in [5.74, 6) is 0.888. The van der Waals surface area contributed by atoms with Gasteiger partial charge in [-0.15, -0.1) is 22.7 Å². The zero-order valence-corrected chi connectivity index (χ0v) is 10.3. The molecule has 0 aliphatic heterocycles. The Morgan fingerprint density at radius 2 is 2.13 bits per heavy atom. The van der Waals surface area contributed by atoms with Crippen LogP contribution in [0, 0.1) is 6.92 Å². The van der Waals surface area contributed by atoms with Crippen LogP contribution in [0.1, 0.15) is 20.7 Å². The summed E-state index contributed by atoms with van der Waals surface area (Å²) in [5.41, 5.74) is 6.19. The highest BCUT2D eigenvalue weighted by atomic mass is 32.1. The normalized spacial score (nSPS) is 12.7. The van der Waals surface area contributed by atoms with E-state index in [-0.39, 0.29) is 6.04 Å². The van der Waals surface area contributed by atoms with Gasteiger partial charge in [0.1, 0.15) is 5.75 Å². The number of nitrogens with two attached hydrogens (primary N) is 1. The van der Waals surface area contributed by atoms with Crippen molar-refractivity contribution in [3.8, 4) is 5.75 Å². The maximum Gasteiger partial charge on any atom is 0.134 e. The second-order valence-corrected chi connectivity index (χ2v) is 5.55. The molecule has 2 rings (SSSR count). The second-order valence-electron chi connectivity index (χ2n) is 3.28. The van der Waals surface area contributed by atoms with E-state index in [0.717, 1.165) is 10.6 Å². The van der Waals surface area contributed by atoms with E-state index >= 15 is 0 Å². The summed E-state index contributed by atoms with van der Waals surface area (Å²) in [6.45, 7) is 2.09. The van der Waals surface area contributed by atoms with Crippen LogP contribution in [0.5, 0.6) is 5.75 Å². The molecule has 15 heavy (non-hydrogen) atoms. The molecule has 0 aliphatic rings. The van der Waals surface area contributed by atoms with Crippen LogP contribution in [0.2, 0.25) is 0 Å². The van der Waals surface area contributed by atoms with Crippen LogP contribution in [-0.2, 0) is 0 Å². The van der Waals surface area contributed by atoms with Crippen molar-refractivity contribution in [2.24, 2.45) is 5.73 Å². The predicted molar refractivity (Wildman–Crippen MR) is 66.0 cm³/mol. The number of ether oxygens (including phenoxy) is 1. The lowest BCUT2D eigenvalue weighted by Gasteiger charge is -2.09. The fraction of sp³-hybridized carbons (Fsp3) is 0.273. The third kappa shape index (κ3) is 2.07. The van der Waals surface area contributed by atoms with E-state index in [2.05, 4.69) is 19.1 Å². The van der Waals surface area contributed by atoms with E-state index in [1.807, 2.05) is 11.4 Å². The molecule has 1 atom stereocenters. The molecule has 2 nitrogen and oxygen atoms in total. The lowest BCUT2D eigenvalue weighted by atomic mass is 10.2. The van der Waals surface area contributed by atoms with Gasteiger partial charge in [0.25, 0.3) is 0 Å². The van der Waals surface area contributed by atoms with Gasteiger partial charge in [0.15, 0.2) is 0 Å². The summed E-state index contributed by atoms with van der Waals surface area (Å²) in [6.07, 6.45) is 0. The zero-order valence-electron chi connectivity index (χ0n) is 8.69. The fourth-order valence-corrected chi connectivity index (χ4v) is 3.30. The smallest absolute Gasteiger partial charge is 0.134 e. The third-order valence-electron chi connectivity index (χ3n) is 2.23. The highest BCUT2D eigenvalue weighted by molar-refractivity contribution is 7.13. The van der Waals surface area contributed by atoms with Crippen LogP contribution in [-0.4, -0.2) is 7.11 Å². The predicted octanol–water partition coefficient (Wildman–Crippen LogP) is 3.17. The summed E-state index contributed by atoms with van der Waals surface area (Å²) in [4.78, 5) is 3.57. The Kier molecular flexibility index (Phi) is 3.09. The summed E-state index contributed by atoms with van der Waals surface area (Å²) < 4.78 is 5.27. The molecule has 0 radical (unpaired) electrons. The van der Waals surface area contributed by atoms with Crippen molar-refractivity contribution in [2.75, 3.05) is 7.11 Å². The molecule has 0 amide bonds. The van der Waals surface area contributed by atoms with E-state index in [0.29, 0.717) is 0 Å². The third-order valence-corrected chi connectivity index (χ3v) is 4.29. The molecule has 2 aromatic heterocycles. The van der Waals surface area contributed by atoms with Gasteiger partial charge in [-0.2, -0.15) is 0 Å². The Bertz CT molecular complexity index is 447. The Labute approximate surface area is 97.3 Å². The molecular weight excluding hydrogens is 226 g/mol. The number of aryl methyl sites for hydroxylation is 1. The summed E-state index contributed by atoms with van der Waals surface area (Å²) >= 11 is 3.38. The van der Waals surface area contributed by atoms with Crippen LogP contribution in [0.15, 0.2) is 23.6 Å². The SMILES string of the molecule is COc1ccsc1C(N)c1ccc(C)s1. The monoisotopic (exact) mass is 239 g/mol. The van der Waals surface area contributed by atoms with Crippen molar-refractivity contribution in [1.29, 1.82) is 0 Å². The van der Waals surface area contributed by atoms with Crippen molar-refractivity contribution < 1.29 is 4.74 Å². The number of methoxy groups -OCH3 is 1. The maximum absolute atomic E-state index is 6.19. The van der Waals surface area contributed by atoms with Crippen molar-refractivity contribution in [3.05, 3.63) is 38.2 Å². The number of hydrogen-bond acceptors (Lipinski definition) is 4. The standard InChI is InChI=1S/C11H13NOS2/c1-7-3-4-9(15-7)10(12)11-8(13-2)5-6-14-11/h3-6,10H,12H2,1-2H3. The molecule has 80 valence electrons. The minimum absolute atomic E-state index is 0.0568. The molecule has 0 fully saturated rings. The molecule has 4 heteroatoms. The molecule has 0 saturated heterocycles. The van der Waals surface area contributed by atoms with E-state index in [1.165, 1.54) is 9.75 Å². The largest absolute Gasteiger partial charge is 0.496 e. The van der Waals surface area contributed by atoms with E-state index in [9.17, 15) is 0 Å². The lowest BCUT2D eigenvalue weighted by molar-refractivity contribution is 0.411. The molecule has 0 aliphatic carbocycles. The highest BCUT2D eigenvalue weighted by Gasteiger charge is 2.16. The number of thiophene rings is 2. The molecular formula is C11H13NOS2. The average Bonchev–Trinajstić information content (AvgIpc) is 2.84. The summed E-state index contributed by atoms with van der Waals surface area (Å²) in [5, 5.41) is 2.01. The Balaban J connectivity index is 2.31. The van der Waals surface area contributed by atoms with Crippen molar-refractivity contribution in [2.45, 2.75) is 13.0 Å². The van der Waals surface area contributed by atoms with E-state index in [4.69, 9.17) is 10.5 Å². The first kappa shape index (κ1) is 10.7. The molecule has 2 N–H and O–H groups in total. The first-order valence-electron chi connectivity index (χ1n) is 4.65. The molecule has 1 unspecified atom stereocenters. The number of hydrogen-bond donors (Lipinski definition) is 1. The lowest BCUT2D eigenvalue weighted by Crippen LogP contribution is -2.09. The average molecular weight is 239 g/mol. The fourth-order valence-electron chi connectivity index (χ4n) is 1.45. The molecule has 2 heterocycles. The Hall–Kier alpha value is -0.840. The van der Waals surface area contributed by atoms with Gasteiger partial charge in [0, 0.05) is 9.75 Å². The van der Waals surface area contributed by atoms with Crippen LogP contribution >= 0.6 is 22.7 Å². The van der Waals surface area contributed by atoms with Crippen LogP contribution < -0.4 is 10.5 Å². The van der Waals surface area contributed by atoms with Gasteiger partial charge in [0.05, 0.1) is 18.0 Å². The second kappa shape index (κ2) is 4.35. The minimum Gasteiger partial charge on any atom is -0.496 e. The van der Waals surface area contributed by atoms with E-state index < -0.39 is 0 Å². The van der Waals surface area contributed by atoms with Gasteiger partial charge in [-0.25, -0.2) is 0 Å². The highest BCUT2D eigenvalue weighted by Crippen LogP contribution is 2.35. The quantitative estimate of drug-likeness (QED) is 0.893. The van der Waals surface area contributed by atoms with Crippen LogP contribution in [0.3, 0.4) is 0 Å². The maximum atomic E-state index is 6.19. The van der Waals surface area contributed by atoms with Gasteiger partial charge in [-0.05, 0) is 30.5 Å². The molecule has 2 aromatic rings. The van der Waals surface area contributed by atoms with Crippen molar-refractivity contribution in [3.63, 3.8) is 0 Å². The van der Waals surface area contributed by atoms with Crippen molar-refractivity contribution >= 4 is 22.7 Å². The van der Waals surface area contributed by atoms with Gasteiger partial charge in [-0.1, -0.05) is 0 Å². The number of rotatable bonds is 3. The minimum atomic E-state index is -0.0568. The molecule has 0 saturated carbocycles. The molecule has 0 aromatic carbocycles. The van der Waals surface area contributed by atoms with Crippen LogP contribution in [0.25, 0.3) is 0 Å². The van der Waals surface area contributed by atoms with Crippen LogP contribution in [0.4, 0.5) is 0 Å². The van der Waals surface area contributed by atoms with Gasteiger partial charge < -0.3 is 10.5 Å². The topological polar surface area (TPSA) is 35.2 Å². The molecule has 0 bridgehead atoms. The Morgan fingerprint density at radius 1 is 1.33 bits per heavy atom. The van der Waals surface area contributed by atoms with Gasteiger partial charge in [-0.3, -0.25) is 0 Å². The first-order chi connectivity index (χ1) is 7.22.